The predicted molar refractivity (Wildman–Crippen MR) is 85.2 cm³/mol. The van der Waals surface area contributed by atoms with Gasteiger partial charge in [0.2, 0.25) is 0 Å². The van der Waals surface area contributed by atoms with E-state index in [-0.39, 0.29) is 10.6 Å². The van der Waals surface area contributed by atoms with Gasteiger partial charge in [0.25, 0.3) is 5.69 Å². The monoisotopic (exact) mass is 353 g/mol. The molecule has 0 bridgehead atoms. The third kappa shape index (κ3) is 3.81. The molecule has 0 atom stereocenters. The van der Waals surface area contributed by atoms with Gasteiger partial charge in [-0.3, -0.25) is 15.0 Å². The predicted octanol–water partition coefficient (Wildman–Crippen LogP) is 2.88. The number of nitro groups is 1. The van der Waals surface area contributed by atoms with E-state index in [2.05, 4.69) is 25.7 Å². The minimum absolute atomic E-state index is 0.153. The average molecular weight is 354 g/mol. The molecule has 6 heteroatoms. The van der Waals surface area contributed by atoms with Gasteiger partial charge in [-0.1, -0.05) is 12.1 Å². The Hall–Kier alpha value is -0.980. The molecule has 0 amide bonds. The van der Waals surface area contributed by atoms with Crippen LogP contribution in [0.2, 0.25) is 0 Å². The molecule has 0 radical (unpaired) electrons. The van der Waals surface area contributed by atoms with Crippen molar-refractivity contribution in [3.05, 3.63) is 38.3 Å². The van der Waals surface area contributed by atoms with Crippen molar-refractivity contribution in [2.75, 3.05) is 32.7 Å². The van der Waals surface area contributed by atoms with Crippen LogP contribution in [0, 0.1) is 16.0 Å². The summed E-state index contributed by atoms with van der Waals surface area (Å²) in [4.78, 5) is 15.6. The molecule has 21 heavy (non-hydrogen) atoms. The zero-order valence-corrected chi connectivity index (χ0v) is 13.6. The number of rotatable bonds is 5. The van der Waals surface area contributed by atoms with E-state index in [1.165, 1.54) is 19.4 Å². The summed E-state index contributed by atoms with van der Waals surface area (Å²) in [6.45, 7) is 6.35. The lowest BCUT2D eigenvalue weighted by molar-refractivity contribution is -0.385. The number of piperazine rings is 1. The molecule has 0 N–H and O–H groups in total. The van der Waals surface area contributed by atoms with Crippen molar-refractivity contribution >= 4 is 21.6 Å². The molecule has 0 aromatic heterocycles. The highest BCUT2D eigenvalue weighted by atomic mass is 79.9. The molecule has 2 fully saturated rings. The molecule has 2 aliphatic rings. The van der Waals surface area contributed by atoms with E-state index in [9.17, 15) is 10.1 Å². The lowest BCUT2D eigenvalue weighted by Crippen LogP contribution is -2.46. The van der Waals surface area contributed by atoms with Crippen molar-refractivity contribution in [2.45, 2.75) is 19.4 Å². The van der Waals surface area contributed by atoms with E-state index >= 15 is 0 Å². The zero-order valence-electron chi connectivity index (χ0n) is 12.0. The molecule has 1 aromatic carbocycles. The molecule has 0 unspecified atom stereocenters. The maximum Gasteiger partial charge on any atom is 0.283 e. The molecular weight excluding hydrogens is 334 g/mol. The summed E-state index contributed by atoms with van der Waals surface area (Å²) in [5, 5.41) is 11.0. The summed E-state index contributed by atoms with van der Waals surface area (Å²) in [6.07, 6.45) is 2.81. The first-order valence-electron chi connectivity index (χ1n) is 7.50. The third-order valence-electron chi connectivity index (χ3n) is 4.33. The molecule has 1 aliphatic heterocycles. The van der Waals surface area contributed by atoms with Gasteiger partial charge in [0.1, 0.15) is 0 Å². The molecule has 5 nitrogen and oxygen atoms in total. The van der Waals surface area contributed by atoms with Crippen molar-refractivity contribution in [1.29, 1.82) is 0 Å². The lowest BCUT2D eigenvalue weighted by Gasteiger charge is -2.34. The molecule has 1 aromatic rings. The van der Waals surface area contributed by atoms with Crippen LogP contribution in [0.4, 0.5) is 5.69 Å². The quantitative estimate of drug-likeness (QED) is 0.603. The van der Waals surface area contributed by atoms with Crippen molar-refractivity contribution in [3.63, 3.8) is 0 Å². The Kier molecular flexibility index (Phi) is 4.57. The first-order chi connectivity index (χ1) is 10.1. The summed E-state index contributed by atoms with van der Waals surface area (Å²) >= 11 is 3.38. The second-order valence-corrected chi connectivity index (χ2v) is 6.82. The van der Waals surface area contributed by atoms with Gasteiger partial charge in [-0.2, -0.15) is 0 Å². The van der Waals surface area contributed by atoms with E-state index in [1.807, 2.05) is 6.07 Å². The Morgan fingerprint density at radius 2 is 1.86 bits per heavy atom. The first kappa shape index (κ1) is 14.9. The van der Waals surface area contributed by atoms with Gasteiger partial charge in [0, 0.05) is 45.3 Å². The second-order valence-electron chi connectivity index (χ2n) is 6.03. The minimum Gasteiger partial charge on any atom is -0.301 e. The van der Waals surface area contributed by atoms with Gasteiger partial charge >= 0.3 is 0 Å². The summed E-state index contributed by atoms with van der Waals surface area (Å²) < 4.78 is 0.621. The van der Waals surface area contributed by atoms with Crippen LogP contribution in [-0.4, -0.2) is 47.4 Å². The van der Waals surface area contributed by atoms with E-state index < -0.39 is 0 Å². The smallest absolute Gasteiger partial charge is 0.283 e. The number of halogens is 1. The van der Waals surface area contributed by atoms with Gasteiger partial charge in [-0.05, 0) is 40.3 Å². The minimum atomic E-state index is -0.332. The molecule has 1 saturated carbocycles. The van der Waals surface area contributed by atoms with Crippen molar-refractivity contribution < 1.29 is 4.92 Å². The van der Waals surface area contributed by atoms with E-state index in [1.54, 1.807) is 12.1 Å². The lowest BCUT2D eigenvalue weighted by atomic mass is 10.1. The zero-order chi connectivity index (χ0) is 14.8. The highest BCUT2D eigenvalue weighted by molar-refractivity contribution is 9.10. The Bertz CT molecular complexity index is 526. The van der Waals surface area contributed by atoms with Crippen LogP contribution >= 0.6 is 15.9 Å². The van der Waals surface area contributed by atoms with Gasteiger partial charge in [-0.25, -0.2) is 0 Å². The summed E-state index contributed by atoms with van der Waals surface area (Å²) in [5.74, 6) is 0.947. The normalized spacial score (nSPS) is 20.6. The molecular formula is C15H20BrN3O2. The molecule has 1 aliphatic carbocycles. The number of hydrogen-bond donors (Lipinski definition) is 0. The second kappa shape index (κ2) is 6.42. The van der Waals surface area contributed by atoms with Crippen LogP contribution in [0.5, 0.6) is 0 Å². The van der Waals surface area contributed by atoms with Crippen LogP contribution in [0.25, 0.3) is 0 Å². The Morgan fingerprint density at radius 3 is 2.48 bits per heavy atom. The van der Waals surface area contributed by atoms with Crippen LogP contribution in [-0.2, 0) is 6.54 Å². The number of hydrogen-bond acceptors (Lipinski definition) is 4. The third-order valence-corrected chi connectivity index (χ3v) is 5.24. The van der Waals surface area contributed by atoms with Gasteiger partial charge in [0.15, 0.2) is 0 Å². The molecule has 1 heterocycles. The van der Waals surface area contributed by atoms with E-state index in [0.29, 0.717) is 4.47 Å². The number of nitro benzene ring substituents is 1. The molecule has 3 rings (SSSR count). The van der Waals surface area contributed by atoms with Crippen LogP contribution < -0.4 is 0 Å². The van der Waals surface area contributed by atoms with Crippen molar-refractivity contribution in [3.8, 4) is 0 Å². The first-order valence-corrected chi connectivity index (χ1v) is 8.29. The maximum atomic E-state index is 11.0. The Labute approximate surface area is 133 Å². The SMILES string of the molecule is O=[N+]([O-])c1cccc(CN2CCN(CC3CC3)CC2)c1Br. The summed E-state index contributed by atoms with van der Waals surface area (Å²) in [6, 6.07) is 5.27. The Morgan fingerprint density at radius 1 is 1.19 bits per heavy atom. The van der Waals surface area contributed by atoms with Gasteiger partial charge < -0.3 is 4.90 Å². The fourth-order valence-corrected chi connectivity index (χ4v) is 3.40. The highest BCUT2D eigenvalue weighted by Crippen LogP contribution is 2.31. The Balaban J connectivity index is 1.57. The fraction of sp³-hybridized carbons (Fsp3) is 0.600. The van der Waals surface area contributed by atoms with Gasteiger partial charge in [-0.15, -0.1) is 0 Å². The fourth-order valence-electron chi connectivity index (χ4n) is 2.87. The number of benzene rings is 1. The molecule has 0 spiro atoms. The highest BCUT2D eigenvalue weighted by Gasteiger charge is 2.26. The summed E-state index contributed by atoms with van der Waals surface area (Å²) in [5.41, 5.74) is 1.15. The molecule has 1 saturated heterocycles. The topological polar surface area (TPSA) is 49.6 Å². The van der Waals surface area contributed by atoms with Crippen LogP contribution in [0.15, 0.2) is 22.7 Å². The summed E-state index contributed by atoms with van der Waals surface area (Å²) in [7, 11) is 0. The van der Waals surface area contributed by atoms with Crippen molar-refractivity contribution in [1.82, 2.24) is 9.80 Å². The maximum absolute atomic E-state index is 11.0. The van der Waals surface area contributed by atoms with Crippen LogP contribution in [0.1, 0.15) is 18.4 Å². The van der Waals surface area contributed by atoms with E-state index in [0.717, 1.165) is 44.2 Å². The van der Waals surface area contributed by atoms with Crippen LogP contribution in [0.3, 0.4) is 0 Å². The van der Waals surface area contributed by atoms with E-state index in [4.69, 9.17) is 0 Å². The molecule has 114 valence electrons. The van der Waals surface area contributed by atoms with Crippen molar-refractivity contribution in [2.24, 2.45) is 5.92 Å². The largest absolute Gasteiger partial charge is 0.301 e. The number of nitrogens with zero attached hydrogens (tertiary/aromatic N) is 3. The van der Waals surface area contributed by atoms with Gasteiger partial charge in [0.05, 0.1) is 9.40 Å². The standard InChI is InChI=1S/C15H20BrN3O2/c16-15-13(2-1-3-14(15)19(20)21)11-18-8-6-17(7-9-18)10-12-4-5-12/h1-3,12H,4-11H2. The average Bonchev–Trinajstić information content (AvgIpc) is 3.27.